The van der Waals surface area contributed by atoms with E-state index in [1.807, 2.05) is 0 Å². The van der Waals surface area contributed by atoms with Crippen molar-refractivity contribution in [2.45, 2.75) is 19.3 Å². The van der Waals surface area contributed by atoms with E-state index in [1.54, 1.807) is 24.3 Å². The largest absolute Gasteiger partial charge is 0.366 e. The summed E-state index contributed by atoms with van der Waals surface area (Å²) in [4.78, 5) is 24.5. The van der Waals surface area contributed by atoms with Crippen molar-refractivity contribution < 1.29 is 19.8 Å². The second kappa shape index (κ2) is 3.70. The van der Waals surface area contributed by atoms with Crippen molar-refractivity contribution in [1.29, 1.82) is 0 Å². The Morgan fingerprint density at radius 2 is 1.50 bits per heavy atom. The van der Waals surface area contributed by atoms with E-state index in [0.717, 1.165) is 4.90 Å². The van der Waals surface area contributed by atoms with E-state index in [4.69, 9.17) is 10.2 Å². The highest BCUT2D eigenvalue weighted by molar-refractivity contribution is 6.21. The first-order valence-electron chi connectivity index (χ1n) is 4.87. The Kier molecular flexibility index (Phi) is 2.49. The minimum atomic E-state index is -1.73. The van der Waals surface area contributed by atoms with Crippen LogP contribution in [0.2, 0.25) is 0 Å². The summed E-state index contributed by atoms with van der Waals surface area (Å²) in [5.41, 5.74) is 0.611. The standard InChI is InChI=1S/C11H11NO4/c1-6(11(15)16)12-9(13)7-4-2-3-5-8(7)10(12)14/h2-6,11,15-16H,1H3/t6-/m0/s1. The summed E-state index contributed by atoms with van der Waals surface area (Å²) >= 11 is 0. The minimum absolute atomic E-state index is 0.306. The predicted molar refractivity (Wildman–Crippen MR) is 54.6 cm³/mol. The van der Waals surface area contributed by atoms with Crippen molar-refractivity contribution in [3.63, 3.8) is 0 Å². The molecule has 5 heteroatoms. The average Bonchev–Trinajstić information content (AvgIpc) is 2.52. The molecule has 0 fully saturated rings. The highest BCUT2D eigenvalue weighted by Gasteiger charge is 2.39. The Morgan fingerprint density at radius 3 is 1.88 bits per heavy atom. The molecule has 0 bridgehead atoms. The van der Waals surface area contributed by atoms with E-state index < -0.39 is 24.1 Å². The number of hydrogen-bond acceptors (Lipinski definition) is 4. The molecule has 0 aliphatic carbocycles. The molecule has 0 saturated carbocycles. The van der Waals surface area contributed by atoms with Crippen LogP contribution in [0.5, 0.6) is 0 Å². The SMILES string of the molecule is C[C@@H](C(O)O)N1C(=O)c2ccccc2C1=O. The minimum Gasteiger partial charge on any atom is -0.366 e. The fraction of sp³-hybridized carbons (Fsp3) is 0.273. The molecular weight excluding hydrogens is 210 g/mol. The highest BCUT2D eigenvalue weighted by Crippen LogP contribution is 2.24. The molecule has 0 unspecified atom stereocenters. The molecule has 1 aliphatic rings. The number of carbonyl (C=O) groups excluding carboxylic acids is 2. The number of aliphatic hydroxyl groups is 2. The Morgan fingerprint density at radius 1 is 1.06 bits per heavy atom. The monoisotopic (exact) mass is 221 g/mol. The fourth-order valence-corrected chi connectivity index (χ4v) is 1.71. The van der Waals surface area contributed by atoms with Crippen LogP contribution in [0, 0.1) is 0 Å². The zero-order valence-electron chi connectivity index (χ0n) is 8.62. The Hall–Kier alpha value is -1.72. The van der Waals surface area contributed by atoms with Crippen LogP contribution in [0.1, 0.15) is 27.6 Å². The molecule has 2 amide bonds. The number of aliphatic hydroxyl groups excluding tert-OH is 1. The lowest BCUT2D eigenvalue weighted by Crippen LogP contribution is -2.44. The Balaban J connectivity index is 2.43. The summed E-state index contributed by atoms with van der Waals surface area (Å²) < 4.78 is 0. The van der Waals surface area contributed by atoms with Crippen molar-refractivity contribution in [3.8, 4) is 0 Å². The first-order chi connectivity index (χ1) is 7.54. The summed E-state index contributed by atoms with van der Waals surface area (Å²) in [6.07, 6.45) is -1.73. The fourth-order valence-electron chi connectivity index (χ4n) is 1.71. The molecule has 1 heterocycles. The lowest BCUT2D eigenvalue weighted by Gasteiger charge is -2.23. The summed E-state index contributed by atoms with van der Waals surface area (Å²) in [6.45, 7) is 1.41. The van der Waals surface area contributed by atoms with Crippen LogP contribution in [0.15, 0.2) is 24.3 Å². The quantitative estimate of drug-likeness (QED) is 0.543. The predicted octanol–water partition coefficient (Wildman–Crippen LogP) is -0.0182. The second-order valence-corrected chi connectivity index (χ2v) is 3.68. The summed E-state index contributed by atoms with van der Waals surface area (Å²) in [5, 5.41) is 18.0. The van der Waals surface area contributed by atoms with E-state index in [0.29, 0.717) is 11.1 Å². The molecule has 84 valence electrons. The number of imide groups is 1. The number of carbonyl (C=O) groups is 2. The van der Waals surface area contributed by atoms with Crippen LogP contribution in [-0.2, 0) is 0 Å². The van der Waals surface area contributed by atoms with E-state index in [9.17, 15) is 9.59 Å². The number of fused-ring (bicyclic) bond motifs is 1. The number of benzene rings is 1. The van der Waals surface area contributed by atoms with Crippen LogP contribution in [0.25, 0.3) is 0 Å². The van der Waals surface area contributed by atoms with Gasteiger partial charge in [0.1, 0.15) is 0 Å². The third-order valence-electron chi connectivity index (χ3n) is 2.66. The molecule has 0 spiro atoms. The van der Waals surface area contributed by atoms with Gasteiger partial charge in [-0.15, -0.1) is 0 Å². The summed E-state index contributed by atoms with van der Waals surface area (Å²) in [6, 6.07) is 5.46. The van der Waals surface area contributed by atoms with Crippen molar-refractivity contribution in [3.05, 3.63) is 35.4 Å². The molecule has 1 aromatic carbocycles. The van der Waals surface area contributed by atoms with Crippen molar-refractivity contribution in [2.75, 3.05) is 0 Å². The molecule has 0 saturated heterocycles. The Labute approximate surface area is 91.9 Å². The molecule has 2 N–H and O–H groups in total. The van der Waals surface area contributed by atoms with Gasteiger partial charge in [-0.05, 0) is 19.1 Å². The van der Waals surface area contributed by atoms with Crippen LogP contribution >= 0.6 is 0 Å². The third-order valence-corrected chi connectivity index (χ3v) is 2.66. The van der Waals surface area contributed by atoms with Crippen LogP contribution < -0.4 is 0 Å². The number of amides is 2. The van der Waals surface area contributed by atoms with E-state index in [-0.39, 0.29) is 0 Å². The maximum Gasteiger partial charge on any atom is 0.261 e. The van der Waals surface area contributed by atoms with Crippen molar-refractivity contribution in [1.82, 2.24) is 4.90 Å². The van der Waals surface area contributed by atoms with E-state index >= 15 is 0 Å². The molecule has 0 radical (unpaired) electrons. The molecule has 1 atom stereocenters. The first kappa shape index (κ1) is 10.8. The van der Waals surface area contributed by atoms with E-state index in [1.165, 1.54) is 6.92 Å². The smallest absolute Gasteiger partial charge is 0.261 e. The molecule has 1 aliphatic heterocycles. The van der Waals surface area contributed by atoms with Gasteiger partial charge in [-0.2, -0.15) is 0 Å². The third kappa shape index (κ3) is 1.41. The first-order valence-corrected chi connectivity index (χ1v) is 4.87. The summed E-state index contributed by atoms with van der Waals surface area (Å²) in [5.74, 6) is -0.970. The van der Waals surface area contributed by atoms with Crippen LogP contribution in [-0.4, -0.2) is 39.3 Å². The van der Waals surface area contributed by atoms with Gasteiger partial charge in [0.05, 0.1) is 17.2 Å². The molecule has 1 aromatic rings. The average molecular weight is 221 g/mol. The topological polar surface area (TPSA) is 77.8 Å². The maximum absolute atomic E-state index is 11.8. The lowest BCUT2D eigenvalue weighted by molar-refractivity contribution is -0.0811. The van der Waals surface area contributed by atoms with Gasteiger partial charge in [0.15, 0.2) is 6.29 Å². The van der Waals surface area contributed by atoms with E-state index in [2.05, 4.69) is 0 Å². The number of nitrogens with zero attached hydrogens (tertiary/aromatic N) is 1. The van der Waals surface area contributed by atoms with Gasteiger partial charge in [0.2, 0.25) is 0 Å². The zero-order valence-corrected chi connectivity index (χ0v) is 8.62. The van der Waals surface area contributed by atoms with Crippen molar-refractivity contribution >= 4 is 11.8 Å². The zero-order chi connectivity index (χ0) is 11.9. The summed E-state index contributed by atoms with van der Waals surface area (Å²) in [7, 11) is 0. The van der Waals surface area contributed by atoms with Gasteiger partial charge >= 0.3 is 0 Å². The van der Waals surface area contributed by atoms with Gasteiger partial charge in [0, 0.05) is 0 Å². The van der Waals surface area contributed by atoms with Gasteiger partial charge in [-0.3, -0.25) is 14.5 Å². The van der Waals surface area contributed by atoms with Crippen molar-refractivity contribution in [2.24, 2.45) is 0 Å². The Bertz CT molecular complexity index is 420. The lowest BCUT2D eigenvalue weighted by atomic mass is 10.1. The van der Waals surface area contributed by atoms with Crippen LogP contribution in [0.3, 0.4) is 0 Å². The number of hydrogen-bond donors (Lipinski definition) is 2. The van der Waals surface area contributed by atoms with Gasteiger partial charge in [0.25, 0.3) is 11.8 Å². The molecule has 16 heavy (non-hydrogen) atoms. The molecule has 2 rings (SSSR count). The van der Waals surface area contributed by atoms with Gasteiger partial charge in [-0.1, -0.05) is 12.1 Å². The van der Waals surface area contributed by atoms with Gasteiger partial charge in [-0.25, -0.2) is 0 Å². The maximum atomic E-state index is 11.8. The number of rotatable bonds is 2. The highest BCUT2D eigenvalue weighted by atomic mass is 16.5. The molecule has 0 aromatic heterocycles. The molecular formula is C11H11NO4. The van der Waals surface area contributed by atoms with Crippen LogP contribution in [0.4, 0.5) is 0 Å². The molecule has 5 nitrogen and oxygen atoms in total. The second-order valence-electron chi connectivity index (χ2n) is 3.68. The normalized spacial score (nSPS) is 16.9. The van der Waals surface area contributed by atoms with Gasteiger partial charge < -0.3 is 10.2 Å².